The van der Waals surface area contributed by atoms with Crippen LogP contribution in [0.2, 0.25) is 0 Å². The molecule has 2 amide bonds. The van der Waals surface area contributed by atoms with Gasteiger partial charge in [-0.1, -0.05) is 43.3 Å². The third-order valence-corrected chi connectivity index (χ3v) is 3.58. The lowest BCUT2D eigenvalue weighted by atomic mass is 10.0. The molecular formula is C16H20N2O2. The number of benzene rings is 2. The fourth-order valence-corrected chi connectivity index (χ4v) is 2.00. The molecule has 0 aliphatic carbocycles. The van der Waals surface area contributed by atoms with Crippen LogP contribution in [-0.4, -0.2) is 23.3 Å². The topological polar surface area (TPSA) is 61.4 Å². The third-order valence-electron chi connectivity index (χ3n) is 3.58. The number of aliphatic hydroxyl groups is 1. The number of hydrogen-bond acceptors (Lipinski definition) is 2. The van der Waals surface area contributed by atoms with Crippen molar-refractivity contribution >= 4 is 22.5 Å². The van der Waals surface area contributed by atoms with Gasteiger partial charge in [0.2, 0.25) is 0 Å². The first-order chi connectivity index (χ1) is 9.58. The summed E-state index contributed by atoms with van der Waals surface area (Å²) in [6, 6.07) is 13.3. The quantitative estimate of drug-likeness (QED) is 0.800. The van der Waals surface area contributed by atoms with Crippen molar-refractivity contribution in [1.29, 1.82) is 0 Å². The molecule has 0 aromatic heterocycles. The Morgan fingerprint density at radius 3 is 2.60 bits per heavy atom. The minimum Gasteiger partial charge on any atom is -0.394 e. The van der Waals surface area contributed by atoms with E-state index in [1.807, 2.05) is 56.3 Å². The highest BCUT2D eigenvalue weighted by atomic mass is 16.3. The molecule has 0 aliphatic rings. The summed E-state index contributed by atoms with van der Waals surface area (Å²) in [5.74, 6) is 0. The number of carbonyl (C=O) groups is 1. The van der Waals surface area contributed by atoms with Crippen LogP contribution >= 0.6 is 0 Å². The largest absolute Gasteiger partial charge is 0.394 e. The van der Waals surface area contributed by atoms with Crippen LogP contribution in [0.25, 0.3) is 10.8 Å². The second-order valence-corrected chi connectivity index (χ2v) is 5.18. The van der Waals surface area contributed by atoms with Gasteiger partial charge in [-0.25, -0.2) is 4.79 Å². The molecule has 1 unspecified atom stereocenters. The maximum absolute atomic E-state index is 12.1. The maximum atomic E-state index is 12.1. The minimum atomic E-state index is -0.603. The van der Waals surface area contributed by atoms with Gasteiger partial charge >= 0.3 is 6.03 Å². The molecule has 1 atom stereocenters. The molecule has 0 aliphatic heterocycles. The van der Waals surface area contributed by atoms with Crippen LogP contribution in [-0.2, 0) is 0 Å². The highest BCUT2D eigenvalue weighted by Gasteiger charge is 2.23. The minimum absolute atomic E-state index is 0.0908. The normalized spacial score (nSPS) is 13.8. The predicted molar refractivity (Wildman–Crippen MR) is 81.9 cm³/mol. The molecule has 0 bridgehead atoms. The van der Waals surface area contributed by atoms with Crippen LogP contribution < -0.4 is 10.6 Å². The van der Waals surface area contributed by atoms with E-state index in [1.54, 1.807) is 0 Å². The highest BCUT2D eigenvalue weighted by molar-refractivity contribution is 6.01. The number of hydrogen-bond donors (Lipinski definition) is 3. The van der Waals surface area contributed by atoms with Gasteiger partial charge in [0.1, 0.15) is 0 Å². The summed E-state index contributed by atoms with van der Waals surface area (Å²) in [6.07, 6.45) is 0.659. The van der Waals surface area contributed by atoms with Gasteiger partial charge in [0, 0.05) is 5.39 Å². The molecule has 0 heterocycles. The standard InChI is InChI=1S/C16H20N2O2/c1-3-16(2,11-19)18-15(20)17-14-10-6-8-12-7-4-5-9-13(12)14/h4-10,19H,3,11H2,1-2H3,(H2,17,18,20). The zero-order valence-electron chi connectivity index (χ0n) is 11.8. The van der Waals surface area contributed by atoms with E-state index < -0.39 is 5.54 Å². The molecule has 2 rings (SSSR count). The summed E-state index contributed by atoms with van der Waals surface area (Å²) >= 11 is 0. The van der Waals surface area contributed by atoms with E-state index in [1.165, 1.54) is 0 Å². The number of nitrogens with one attached hydrogen (secondary N) is 2. The van der Waals surface area contributed by atoms with E-state index in [-0.39, 0.29) is 12.6 Å². The van der Waals surface area contributed by atoms with Crippen LogP contribution in [0.15, 0.2) is 42.5 Å². The van der Waals surface area contributed by atoms with Crippen molar-refractivity contribution in [3.63, 3.8) is 0 Å². The van der Waals surface area contributed by atoms with Crippen molar-refractivity contribution in [3.8, 4) is 0 Å². The van der Waals surface area contributed by atoms with Gasteiger partial charge in [0.05, 0.1) is 17.8 Å². The lowest BCUT2D eigenvalue weighted by molar-refractivity contribution is 0.172. The van der Waals surface area contributed by atoms with Gasteiger partial charge in [0.15, 0.2) is 0 Å². The number of anilines is 1. The molecule has 4 nitrogen and oxygen atoms in total. The van der Waals surface area contributed by atoms with E-state index in [4.69, 9.17) is 0 Å². The summed E-state index contributed by atoms with van der Waals surface area (Å²) in [5.41, 5.74) is 0.159. The number of amides is 2. The van der Waals surface area contributed by atoms with E-state index in [0.717, 1.165) is 16.5 Å². The van der Waals surface area contributed by atoms with E-state index in [0.29, 0.717) is 6.42 Å². The fourth-order valence-electron chi connectivity index (χ4n) is 2.00. The zero-order valence-corrected chi connectivity index (χ0v) is 11.8. The molecule has 4 heteroatoms. The first kappa shape index (κ1) is 14.3. The number of urea groups is 1. The van der Waals surface area contributed by atoms with E-state index in [2.05, 4.69) is 10.6 Å². The Morgan fingerprint density at radius 1 is 1.20 bits per heavy atom. The highest BCUT2D eigenvalue weighted by Crippen LogP contribution is 2.23. The van der Waals surface area contributed by atoms with Crippen molar-refractivity contribution in [1.82, 2.24) is 5.32 Å². The summed E-state index contributed by atoms with van der Waals surface area (Å²) in [6.45, 7) is 3.65. The Hall–Kier alpha value is -2.07. The summed E-state index contributed by atoms with van der Waals surface area (Å²) in [5, 5.41) is 17.1. The Labute approximate surface area is 118 Å². The Kier molecular flexibility index (Phi) is 4.25. The smallest absolute Gasteiger partial charge is 0.319 e. The average Bonchev–Trinajstić information content (AvgIpc) is 2.47. The van der Waals surface area contributed by atoms with Gasteiger partial charge in [0.25, 0.3) is 0 Å². The second kappa shape index (κ2) is 5.92. The number of rotatable bonds is 4. The van der Waals surface area contributed by atoms with Crippen LogP contribution in [0.1, 0.15) is 20.3 Å². The monoisotopic (exact) mass is 272 g/mol. The van der Waals surface area contributed by atoms with Gasteiger partial charge in [-0.05, 0) is 24.8 Å². The van der Waals surface area contributed by atoms with Crippen molar-refractivity contribution in [2.75, 3.05) is 11.9 Å². The van der Waals surface area contributed by atoms with Gasteiger partial charge < -0.3 is 15.7 Å². The lowest BCUT2D eigenvalue weighted by Crippen LogP contribution is -2.50. The van der Waals surface area contributed by atoms with E-state index in [9.17, 15) is 9.90 Å². The maximum Gasteiger partial charge on any atom is 0.319 e. The molecule has 106 valence electrons. The Morgan fingerprint density at radius 2 is 1.90 bits per heavy atom. The Balaban J connectivity index is 2.18. The molecule has 0 saturated carbocycles. The molecule has 0 radical (unpaired) electrons. The van der Waals surface area contributed by atoms with Crippen molar-refractivity contribution in [2.24, 2.45) is 0 Å². The lowest BCUT2D eigenvalue weighted by Gasteiger charge is -2.27. The van der Waals surface area contributed by atoms with Crippen molar-refractivity contribution in [3.05, 3.63) is 42.5 Å². The SMILES string of the molecule is CCC(C)(CO)NC(=O)Nc1cccc2ccccc12. The predicted octanol–water partition coefficient (Wildman–Crippen LogP) is 3.12. The molecule has 3 N–H and O–H groups in total. The molecule has 0 fully saturated rings. The molecule has 2 aromatic carbocycles. The fraction of sp³-hybridized carbons (Fsp3) is 0.312. The van der Waals surface area contributed by atoms with Gasteiger partial charge in [-0.2, -0.15) is 0 Å². The third kappa shape index (κ3) is 3.08. The van der Waals surface area contributed by atoms with Gasteiger partial charge in [-0.15, -0.1) is 0 Å². The molecule has 0 spiro atoms. The number of carbonyl (C=O) groups excluding carboxylic acids is 1. The summed E-state index contributed by atoms with van der Waals surface area (Å²) in [4.78, 5) is 12.1. The first-order valence-electron chi connectivity index (χ1n) is 6.76. The Bertz CT molecular complexity index is 601. The average molecular weight is 272 g/mol. The summed E-state index contributed by atoms with van der Waals surface area (Å²) < 4.78 is 0. The first-order valence-corrected chi connectivity index (χ1v) is 6.76. The van der Waals surface area contributed by atoms with Gasteiger partial charge in [-0.3, -0.25) is 0 Å². The molecule has 2 aromatic rings. The molecule has 20 heavy (non-hydrogen) atoms. The van der Waals surface area contributed by atoms with Crippen LogP contribution in [0.4, 0.5) is 10.5 Å². The van der Waals surface area contributed by atoms with Crippen molar-refractivity contribution < 1.29 is 9.90 Å². The van der Waals surface area contributed by atoms with Crippen molar-refractivity contribution in [2.45, 2.75) is 25.8 Å². The number of aliphatic hydroxyl groups excluding tert-OH is 1. The van der Waals surface area contributed by atoms with Crippen LogP contribution in [0, 0.1) is 0 Å². The molecule has 0 saturated heterocycles. The molecular weight excluding hydrogens is 252 g/mol. The van der Waals surface area contributed by atoms with Crippen LogP contribution in [0.5, 0.6) is 0 Å². The zero-order chi connectivity index (χ0) is 14.6. The second-order valence-electron chi connectivity index (χ2n) is 5.18. The van der Waals surface area contributed by atoms with E-state index >= 15 is 0 Å². The van der Waals surface area contributed by atoms with Crippen LogP contribution in [0.3, 0.4) is 0 Å². The summed E-state index contributed by atoms with van der Waals surface area (Å²) in [7, 11) is 0. The number of fused-ring (bicyclic) bond motifs is 1.